The summed E-state index contributed by atoms with van der Waals surface area (Å²) < 4.78 is 4.83. The molecule has 0 aliphatic rings. The molecule has 0 saturated carbocycles. The predicted molar refractivity (Wildman–Crippen MR) is 483 cm³/mol. The van der Waals surface area contributed by atoms with Crippen molar-refractivity contribution in [2.75, 3.05) is 9.80 Å². The standard InChI is InChI=1S/C110H74N4/c1-4-25-75(26-5-1)81-30-18-31-82(69-81)76-55-61-91(62-56-76)111(96-67-68-98-89(74-96)54-53-80-29-10-11-42-97(80)98)94-40-21-36-87(72-94)100-46-24-52-108-110(100)103-45-14-17-50-106(103)114(108)93-65-59-78(60-66-93)84-33-20-35-86(71-84)85-34-19-32-83(70-85)77-57-63-92(64-58-77)112(104-48-15-12-43-99(104)79-27-6-2-7-28-79)95-41-22-37-88(73-95)101-47-23-51-107-109(101)102-44-13-16-49-105(102)113(107)90-38-8-3-9-39-90/h1-74H. The molecular weight excluding hydrogens is 1380 g/mol. The maximum Gasteiger partial charge on any atom is 0.0547 e. The van der Waals surface area contributed by atoms with E-state index in [1.165, 1.54) is 87.5 Å². The number of hydrogen-bond donors (Lipinski definition) is 0. The Bertz CT molecular complexity index is 7200. The Balaban J connectivity index is 0.587. The van der Waals surface area contributed by atoms with E-state index in [-0.39, 0.29) is 0 Å². The molecule has 0 bridgehead atoms. The quantitative estimate of drug-likeness (QED) is 0.0897. The largest absolute Gasteiger partial charge is 0.310 e. The van der Waals surface area contributed by atoms with Crippen LogP contribution in [0.25, 0.3) is 166 Å². The van der Waals surface area contributed by atoms with Crippen LogP contribution in [0.15, 0.2) is 449 Å². The number of hydrogen-bond acceptors (Lipinski definition) is 2. The molecular formula is C110H74N4. The van der Waals surface area contributed by atoms with Crippen molar-refractivity contribution >= 4 is 99.3 Å². The van der Waals surface area contributed by atoms with Crippen molar-refractivity contribution in [3.8, 4) is 100 Å². The lowest BCUT2D eigenvalue weighted by molar-refractivity contribution is 1.18. The molecule has 0 amide bonds. The lowest BCUT2D eigenvalue weighted by Crippen LogP contribution is -2.11. The van der Waals surface area contributed by atoms with Gasteiger partial charge in [-0.15, -0.1) is 0 Å². The second-order valence-electron chi connectivity index (χ2n) is 29.5. The summed E-state index contributed by atoms with van der Waals surface area (Å²) in [6.07, 6.45) is 0. The summed E-state index contributed by atoms with van der Waals surface area (Å²) in [7, 11) is 0. The summed E-state index contributed by atoms with van der Waals surface area (Å²) in [5, 5.41) is 9.81. The monoisotopic (exact) mass is 1450 g/mol. The first-order chi connectivity index (χ1) is 56.5. The summed E-state index contributed by atoms with van der Waals surface area (Å²) in [6.45, 7) is 0. The summed E-state index contributed by atoms with van der Waals surface area (Å²) in [5.41, 5.74) is 32.0. The van der Waals surface area contributed by atoms with Crippen molar-refractivity contribution in [3.05, 3.63) is 449 Å². The minimum atomic E-state index is 1.06. The van der Waals surface area contributed by atoms with Crippen LogP contribution in [0, 0.1) is 0 Å². The average molecular weight is 1450 g/mol. The van der Waals surface area contributed by atoms with Gasteiger partial charge in [0.15, 0.2) is 0 Å². The zero-order valence-electron chi connectivity index (χ0n) is 62.5. The Morgan fingerprint density at radius 3 is 1.05 bits per heavy atom. The van der Waals surface area contributed by atoms with Crippen molar-refractivity contribution in [1.29, 1.82) is 0 Å². The Morgan fingerprint density at radius 2 is 0.500 bits per heavy atom. The number of benzene rings is 19. The third-order valence-corrected chi connectivity index (χ3v) is 22.9. The van der Waals surface area contributed by atoms with Gasteiger partial charge < -0.3 is 18.9 Å². The molecule has 2 heterocycles. The van der Waals surface area contributed by atoms with Crippen LogP contribution in [-0.4, -0.2) is 9.13 Å². The number of para-hydroxylation sites is 4. The van der Waals surface area contributed by atoms with Crippen molar-refractivity contribution in [2.45, 2.75) is 0 Å². The number of nitrogens with zero attached hydrogens (tertiary/aromatic N) is 4. The zero-order valence-corrected chi connectivity index (χ0v) is 62.5. The summed E-state index contributed by atoms with van der Waals surface area (Å²) in [5.74, 6) is 0. The predicted octanol–water partition coefficient (Wildman–Crippen LogP) is 30.5. The van der Waals surface area contributed by atoms with E-state index in [9.17, 15) is 0 Å². The first-order valence-corrected chi connectivity index (χ1v) is 39.2. The Kier molecular flexibility index (Phi) is 16.9. The van der Waals surface area contributed by atoms with E-state index in [0.29, 0.717) is 0 Å². The van der Waals surface area contributed by atoms with Gasteiger partial charge in [0.25, 0.3) is 0 Å². The number of rotatable bonds is 16. The molecule has 4 nitrogen and oxygen atoms in total. The second kappa shape index (κ2) is 28.7. The minimum Gasteiger partial charge on any atom is -0.310 e. The van der Waals surface area contributed by atoms with Crippen LogP contribution < -0.4 is 9.80 Å². The maximum absolute atomic E-state index is 2.44. The third-order valence-electron chi connectivity index (χ3n) is 22.9. The van der Waals surface area contributed by atoms with Crippen LogP contribution in [0.5, 0.6) is 0 Å². The fourth-order valence-corrected chi connectivity index (χ4v) is 17.5. The van der Waals surface area contributed by atoms with Gasteiger partial charge in [0.05, 0.1) is 27.8 Å². The van der Waals surface area contributed by atoms with E-state index in [2.05, 4.69) is 468 Å². The van der Waals surface area contributed by atoms with Gasteiger partial charge in [-0.3, -0.25) is 0 Å². The molecule has 0 atom stereocenters. The van der Waals surface area contributed by atoms with Crippen molar-refractivity contribution in [2.24, 2.45) is 0 Å². The lowest BCUT2D eigenvalue weighted by atomic mass is 9.96. The van der Waals surface area contributed by atoms with Crippen LogP contribution in [0.1, 0.15) is 0 Å². The highest BCUT2D eigenvalue weighted by Crippen LogP contribution is 2.48. The number of anilines is 6. The van der Waals surface area contributed by atoms with E-state index in [1.807, 2.05) is 0 Å². The highest BCUT2D eigenvalue weighted by atomic mass is 15.1. The van der Waals surface area contributed by atoms with Crippen LogP contribution >= 0.6 is 0 Å². The smallest absolute Gasteiger partial charge is 0.0547 e. The molecule has 0 radical (unpaired) electrons. The Hall–Kier alpha value is -15.1. The molecule has 0 aliphatic heterocycles. The van der Waals surface area contributed by atoms with Crippen molar-refractivity contribution in [3.63, 3.8) is 0 Å². The first-order valence-electron chi connectivity index (χ1n) is 39.2. The normalized spacial score (nSPS) is 11.5. The van der Waals surface area contributed by atoms with E-state index in [0.717, 1.165) is 112 Å². The first kappa shape index (κ1) is 67.0. The molecule has 21 rings (SSSR count). The summed E-state index contributed by atoms with van der Waals surface area (Å²) in [6, 6.07) is 165. The van der Waals surface area contributed by atoms with Gasteiger partial charge >= 0.3 is 0 Å². The van der Waals surface area contributed by atoms with Crippen LogP contribution in [0.3, 0.4) is 0 Å². The fourth-order valence-electron chi connectivity index (χ4n) is 17.5. The molecule has 19 aromatic carbocycles. The van der Waals surface area contributed by atoms with Gasteiger partial charge in [-0.05, 0) is 238 Å². The average Bonchev–Trinajstić information content (AvgIpc) is 1.59. The van der Waals surface area contributed by atoms with Gasteiger partial charge in [0.1, 0.15) is 0 Å². The topological polar surface area (TPSA) is 16.3 Å². The number of aromatic nitrogens is 2. The summed E-state index contributed by atoms with van der Waals surface area (Å²) >= 11 is 0. The van der Waals surface area contributed by atoms with Crippen LogP contribution in [-0.2, 0) is 0 Å². The molecule has 2 aromatic heterocycles. The fraction of sp³-hybridized carbons (Fsp3) is 0. The molecule has 0 aliphatic carbocycles. The van der Waals surface area contributed by atoms with Crippen molar-refractivity contribution in [1.82, 2.24) is 9.13 Å². The zero-order chi connectivity index (χ0) is 75.4. The van der Waals surface area contributed by atoms with Crippen LogP contribution in [0.2, 0.25) is 0 Å². The SMILES string of the molecule is c1ccc(-c2cccc(-c3ccc(N(c4cccc(-c5cccc6c5c5ccccc5n6-c5ccc(-c6cccc(-c7cccc(-c8ccc(N(c9cccc(-c%10cccc%11c%10c%10ccccc%10n%11-c%10ccccc%10)c9)c9ccccc9-c9ccccc9)cc8)c7)c6)cc5)c4)c4ccc5c(ccc6ccccc65)c4)cc3)c2)cc1. The van der Waals surface area contributed by atoms with E-state index in [1.54, 1.807) is 0 Å². The third kappa shape index (κ3) is 12.1. The van der Waals surface area contributed by atoms with Crippen molar-refractivity contribution < 1.29 is 0 Å². The maximum atomic E-state index is 2.44. The summed E-state index contributed by atoms with van der Waals surface area (Å²) in [4.78, 5) is 4.84. The van der Waals surface area contributed by atoms with E-state index < -0.39 is 0 Å². The molecule has 0 unspecified atom stereocenters. The van der Waals surface area contributed by atoms with Gasteiger partial charge in [-0.2, -0.15) is 0 Å². The van der Waals surface area contributed by atoms with Gasteiger partial charge in [0.2, 0.25) is 0 Å². The molecule has 0 N–H and O–H groups in total. The molecule has 21 aromatic rings. The van der Waals surface area contributed by atoms with E-state index >= 15 is 0 Å². The molecule has 534 valence electrons. The van der Waals surface area contributed by atoms with Crippen LogP contribution in [0.4, 0.5) is 34.1 Å². The Morgan fingerprint density at radius 1 is 0.158 bits per heavy atom. The van der Waals surface area contributed by atoms with E-state index in [4.69, 9.17) is 0 Å². The second-order valence-corrected chi connectivity index (χ2v) is 29.5. The van der Waals surface area contributed by atoms with Gasteiger partial charge in [-0.1, -0.05) is 315 Å². The minimum absolute atomic E-state index is 1.06. The highest BCUT2D eigenvalue weighted by Gasteiger charge is 2.24. The Labute approximate surface area is 663 Å². The molecule has 4 heteroatoms. The molecule has 0 saturated heterocycles. The highest BCUT2D eigenvalue weighted by molar-refractivity contribution is 6.18. The van der Waals surface area contributed by atoms with Gasteiger partial charge in [-0.25, -0.2) is 0 Å². The number of fused-ring (bicyclic) bond motifs is 9. The van der Waals surface area contributed by atoms with Gasteiger partial charge in [0, 0.05) is 66.9 Å². The molecule has 0 spiro atoms. The molecule has 0 fully saturated rings. The lowest BCUT2D eigenvalue weighted by Gasteiger charge is -2.28. The molecule has 114 heavy (non-hydrogen) atoms.